The number of likely N-dealkylation sites (tertiary alicyclic amines) is 1. The molecule has 0 bridgehead atoms. The number of urea groups is 1. The molecule has 0 aromatic rings. The number of carbonyl (C=O) groups excluding carboxylic acids is 2. The van der Waals surface area contributed by atoms with Gasteiger partial charge in [0.2, 0.25) is 0 Å². The minimum absolute atomic E-state index is 0.00876. The van der Waals surface area contributed by atoms with E-state index in [1.54, 1.807) is 0 Å². The van der Waals surface area contributed by atoms with E-state index >= 15 is 0 Å². The van der Waals surface area contributed by atoms with Crippen LogP contribution in [-0.2, 0) is 4.79 Å². The molecule has 3 aliphatic rings. The summed E-state index contributed by atoms with van der Waals surface area (Å²) >= 11 is 0. The second kappa shape index (κ2) is 7.18. The van der Waals surface area contributed by atoms with Gasteiger partial charge in [0, 0.05) is 25.7 Å². The van der Waals surface area contributed by atoms with Crippen LogP contribution in [0.5, 0.6) is 0 Å². The largest absolute Gasteiger partial charge is 0.325 e. The lowest BCUT2D eigenvalue weighted by Gasteiger charge is -2.37. The fourth-order valence-electron chi connectivity index (χ4n) is 4.15. The molecule has 130 valence electrons. The molecular weight excluding hydrogens is 292 g/mol. The van der Waals surface area contributed by atoms with Crippen LogP contribution in [0.3, 0.4) is 0 Å². The highest BCUT2D eigenvalue weighted by Gasteiger charge is 2.51. The molecule has 0 aromatic carbocycles. The van der Waals surface area contributed by atoms with Crippen LogP contribution < -0.4 is 10.6 Å². The van der Waals surface area contributed by atoms with Crippen molar-refractivity contribution in [3.05, 3.63) is 0 Å². The normalized spacial score (nSPS) is 28.4. The summed E-state index contributed by atoms with van der Waals surface area (Å²) in [5, 5.41) is 6.50. The molecule has 0 aliphatic carbocycles. The van der Waals surface area contributed by atoms with E-state index in [0.717, 1.165) is 58.3 Å². The first kappa shape index (κ1) is 16.7. The summed E-state index contributed by atoms with van der Waals surface area (Å²) in [6.07, 6.45) is 7.13. The first-order valence-electron chi connectivity index (χ1n) is 9.24. The second-order valence-electron chi connectivity index (χ2n) is 7.25. The standard InChI is InChI=1S/C17H30N4O2/c1-2-10-20-12-7-17(8-13-20)15(22)21(16(23)19-17)11-6-14-5-3-4-9-18-14/h14,18H,2-13H2,1H3,(H,19,23). The fraction of sp³-hybridized carbons (Fsp3) is 0.882. The monoisotopic (exact) mass is 322 g/mol. The lowest BCUT2D eigenvalue weighted by molar-refractivity contribution is -0.133. The van der Waals surface area contributed by atoms with Gasteiger partial charge in [-0.2, -0.15) is 0 Å². The van der Waals surface area contributed by atoms with E-state index in [2.05, 4.69) is 22.5 Å². The Balaban J connectivity index is 1.55. The number of amides is 3. The number of imide groups is 1. The van der Waals surface area contributed by atoms with E-state index in [4.69, 9.17) is 0 Å². The number of nitrogens with zero attached hydrogens (tertiary/aromatic N) is 2. The molecule has 6 nitrogen and oxygen atoms in total. The Labute approximate surface area is 139 Å². The van der Waals surface area contributed by atoms with Gasteiger partial charge in [-0.05, 0) is 51.6 Å². The summed E-state index contributed by atoms with van der Waals surface area (Å²) in [7, 11) is 0. The summed E-state index contributed by atoms with van der Waals surface area (Å²) < 4.78 is 0. The van der Waals surface area contributed by atoms with Crippen LogP contribution >= 0.6 is 0 Å². The number of hydrogen-bond acceptors (Lipinski definition) is 4. The fourth-order valence-corrected chi connectivity index (χ4v) is 4.15. The lowest BCUT2D eigenvalue weighted by Crippen LogP contribution is -2.55. The highest BCUT2D eigenvalue weighted by Crippen LogP contribution is 2.29. The number of carbonyl (C=O) groups is 2. The second-order valence-corrected chi connectivity index (χ2v) is 7.25. The van der Waals surface area contributed by atoms with Gasteiger partial charge in [0.05, 0.1) is 0 Å². The van der Waals surface area contributed by atoms with Gasteiger partial charge in [-0.3, -0.25) is 9.69 Å². The van der Waals surface area contributed by atoms with Gasteiger partial charge in [0.15, 0.2) is 0 Å². The average Bonchev–Trinajstić information content (AvgIpc) is 2.80. The number of hydrogen-bond donors (Lipinski definition) is 2. The zero-order valence-corrected chi connectivity index (χ0v) is 14.3. The van der Waals surface area contributed by atoms with Crippen LogP contribution in [-0.4, -0.2) is 66.0 Å². The molecule has 3 amide bonds. The molecule has 1 atom stereocenters. The molecular formula is C17H30N4O2. The third kappa shape index (κ3) is 3.53. The van der Waals surface area contributed by atoms with Crippen molar-refractivity contribution in [3.8, 4) is 0 Å². The molecule has 3 fully saturated rings. The molecule has 1 spiro atoms. The summed E-state index contributed by atoms with van der Waals surface area (Å²) in [6, 6.07) is 0.266. The zero-order chi connectivity index (χ0) is 16.3. The maximum Gasteiger partial charge on any atom is 0.325 e. The maximum atomic E-state index is 12.8. The van der Waals surface area contributed by atoms with Crippen molar-refractivity contribution in [3.63, 3.8) is 0 Å². The molecule has 3 rings (SSSR count). The number of piperidine rings is 2. The highest BCUT2D eigenvalue weighted by atomic mass is 16.2. The Morgan fingerprint density at radius 3 is 2.61 bits per heavy atom. The SMILES string of the molecule is CCCN1CCC2(CC1)NC(=O)N(CCC1CCCCN1)C2=O. The Morgan fingerprint density at radius 1 is 1.17 bits per heavy atom. The Hall–Kier alpha value is -1.14. The number of rotatable bonds is 5. The van der Waals surface area contributed by atoms with Crippen molar-refractivity contribution in [2.45, 2.75) is 63.5 Å². The first-order chi connectivity index (χ1) is 11.1. The van der Waals surface area contributed by atoms with Gasteiger partial charge in [-0.25, -0.2) is 4.79 Å². The third-order valence-corrected chi connectivity index (χ3v) is 5.61. The predicted molar refractivity (Wildman–Crippen MR) is 89.2 cm³/mol. The van der Waals surface area contributed by atoms with E-state index in [0.29, 0.717) is 12.6 Å². The molecule has 0 saturated carbocycles. The molecule has 3 saturated heterocycles. The van der Waals surface area contributed by atoms with Gasteiger partial charge in [-0.15, -0.1) is 0 Å². The van der Waals surface area contributed by atoms with E-state index in [1.807, 2.05) is 0 Å². The summed E-state index contributed by atoms with van der Waals surface area (Å²) in [4.78, 5) is 29.0. The van der Waals surface area contributed by atoms with E-state index in [1.165, 1.54) is 17.7 Å². The third-order valence-electron chi connectivity index (χ3n) is 5.61. The molecule has 3 aliphatic heterocycles. The smallest absolute Gasteiger partial charge is 0.323 e. The summed E-state index contributed by atoms with van der Waals surface area (Å²) in [5.41, 5.74) is -0.624. The van der Waals surface area contributed by atoms with E-state index < -0.39 is 5.54 Å². The van der Waals surface area contributed by atoms with Gasteiger partial charge in [0.1, 0.15) is 5.54 Å². The molecule has 0 aromatic heterocycles. The van der Waals surface area contributed by atoms with Crippen molar-refractivity contribution >= 4 is 11.9 Å². The van der Waals surface area contributed by atoms with Gasteiger partial charge in [0.25, 0.3) is 5.91 Å². The molecule has 23 heavy (non-hydrogen) atoms. The maximum absolute atomic E-state index is 12.8. The minimum Gasteiger partial charge on any atom is -0.323 e. The molecule has 1 unspecified atom stereocenters. The Morgan fingerprint density at radius 2 is 1.96 bits per heavy atom. The predicted octanol–water partition coefficient (Wildman–Crippen LogP) is 1.32. The van der Waals surface area contributed by atoms with Crippen LogP contribution in [0.1, 0.15) is 51.9 Å². The zero-order valence-electron chi connectivity index (χ0n) is 14.3. The van der Waals surface area contributed by atoms with Crippen LogP contribution in [0.2, 0.25) is 0 Å². The van der Waals surface area contributed by atoms with Gasteiger partial charge in [-0.1, -0.05) is 13.3 Å². The highest BCUT2D eigenvalue weighted by molar-refractivity contribution is 6.07. The Kier molecular flexibility index (Phi) is 5.21. The summed E-state index contributed by atoms with van der Waals surface area (Å²) in [6.45, 7) is 6.66. The van der Waals surface area contributed by atoms with Gasteiger partial charge < -0.3 is 15.5 Å². The summed E-state index contributed by atoms with van der Waals surface area (Å²) in [5.74, 6) is 0.00876. The Bertz CT molecular complexity index is 440. The average molecular weight is 322 g/mol. The van der Waals surface area contributed by atoms with Crippen LogP contribution in [0, 0.1) is 0 Å². The van der Waals surface area contributed by atoms with Crippen LogP contribution in [0.25, 0.3) is 0 Å². The number of nitrogens with one attached hydrogen (secondary N) is 2. The topological polar surface area (TPSA) is 64.7 Å². The van der Waals surface area contributed by atoms with Crippen molar-refractivity contribution in [2.75, 3.05) is 32.7 Å². The van der Waals surface area contributed by atoms with Crippen LogP contribution in [0.15, 0.2) is 0 Å². The van der Waals surface area contributed by atoms with Crippen molar-refractivity contribution in [1.82, 2.24) is 20.4 Å². The molecule has 3 heterocycles. The minimum atomic E-state index is -0.624. The van der Waals surface area contributed by atoms with Crippen LogP contribution in [0.4, 0.5) is 4.79 Å². The molecule has 2 N–H and O–H groups in total. The molecule has 0 radical (unpaired) electrons. The first-order valence-corrected chi connectivity index (χ1v) is 9.24. The lowest BCUT2D eigenvalue weighted by atomic mass is 9.87. The van der Waals surface area contributed by atoms with Crippen molar-refractivity contribution < 1.29 is 9.59 Å². The van der Waals surface area contributed by atoms with Crippen molar-refractivity contribution in [2.24, 2.45) is 0 Å². The quantitative estimate of drug-likeness (QED) is 0.749. The molecule has 6 heteroatoms. The van der Waals surface area contributed by atoms with E-state index in [-0.39, 0.29) is 11.9 Å². The van der Waals surface area contributed by atoms with E-state index in [9.17, 15) is 9.59 Å². The van der Waals surface area contributed by atoms with Crippen molar-refractivity contribution in [1.29, 1.82) is 0 Å². The van der Waals surface area contributed by atoms with Gasteiger partial charge >= 0.3 is 6.03 Å².